The van der Waals surface area contributed by atoms with Crippen LogP contribution in [0, 0.1) is 23.0 Å². The lowest BCUT2D eigenvalue weighted by Gasteiger charge is -2.13. The quantitative estimate of drug-likeness (QED) is 0.643. The van der Waals surface area contributed by atoms with E-state index >= 15 is 0 Å². The number of rotatable bonds is 5. The third-order valence-corrected chi connectivity index (χ3v) is 4.69. The number of ether oxygens (including phenoxy) is 2. The third kappa shape index (κ3) is 3.80. The Labute approximate surface area is 170 Å². The Balaban J connectivity index is 1.46. The van der Waals surface area contributed by atoms with E-state index < -0.39 is 17.3 Å². The van der Waals surface area contributed by atoms with Crippen molar-refractivity contribution in [2.24, 2.45) is 0 Å². The maximum atomic E-state index is 14.4. The molecule has 0 radical (unpaired) electrons. The van der Waals surface area contributed by atoms with E-state index in [0.29, 0.717) is 12.1 Å². The number of hydrogen-bond donors (Lipinski definition) is 0. The number of likely N-dealkylation sites (N-methyl/N-ethyl adjacent to an activating group) is 1. The number of benzene rings is 2. The maximum Gasteiger partial charge on any atom is 0.352 e. The third-order valence-electron chi connectivity index (χ3n) is 4.69. The fourth-order valence-electron chi connectivity index (χ4n) is 3.09. The molecule has 30 heavy (non-hydrogen) atoms. The Morgan fingerprint density at radius 1 is 1.13 bits per heavy atom. The predicted octanol–water partition coefficient (Wildman–Crippen LogP) is 3.21. The van der Waals surface area contributed by atoms with Gasteiger partial charge in [0.05, 0.1) is 5.56 Å². The normalized spacial score (nSPS) is 12.4. The van der Waals surface area contributed by atoms with Gasteiger partial charge in [-0.05, 0) is 29.8 Å². The summed E-state index contributed by atoms with van der Waals surface area (Å²) < 4.78 is 40.6. The molecular formula is C21H16F2N4O3. The van der Waals surface area contributed by atoms with Crippen molar-refractivity contribution in [1.29, 1.82) is 5.26 Å². The number of halogens is 2. The molecule has 0 saturated heterocycles. The molecule has 0 atom stereocenters. The van der Waals surface area contributed by atoms with Crippen LogP contribution < -0.4 is 20.1 Å². The Morgan fingerprint density at radius 2 is 1.97 bits per heavy atom. The molecule has 1 aromatic heterocycles. The van der Waals surface area contributed by atoms with Gasteiger partial charge in [-0.3, -0.25) is 4.57 Å². The van der Waals surface area contributed by atoms with E-state index in [1.807, 2.05) is 11.9 Å². The Morgan fingerprint density at radius 3 is 2.70 bits per heavy atom. The summed E-state index contributed by atoms with van der Waals surface area (Å²) in [5.74, 6) is -0.561. The van der Waals surface area contributed by atoms with Crippen molar-refractivity contribution >= 4 is 5.82 Å². The minimum atomic E-state index is -0.746. The van der Waals surface area contributed by atoms with Crippen molar-refractivity contribution in [2.45, 2.75) is 13.2 Å². The zero-order valence-corrected chi connectivity index (χ0v) is 15.9. The average Bonchev–Trinajstić information content (AvgIpc) is 3.10. The molecule has 0 spiro atoms. The van der Waals surface area contributed by atoms with Crippen molar-refractivity contribution in [3.05, 3.63) is 75.7 Å². The van der Waals surface area contributed by atoms with E-state index in [-0.39, 0.29) is 29.5 Å². The van der Waals surface area contributed by atoms with Crippen LogP contribution in [0.2, 0.25) is 0 Å². The highest BCUT2D eigenvalue weighted by molar-refractivity contribution is 5.44. The summed E-state index contributed by atoms with van der Waals surface area (Å²) in [6.07, 6.45) is 0. The van der Waals surface area contributed by atoms with Crippen molar-refractivity contribution < 1.29 is 18.3 Å². The van der Waals surface area contributed by atoms with Gasteiger partial charge in [0.2, 0.25) is 5.88 Å². The fraction of sp³-hybridized carbons (Fsp3) is 0.190. The molecule has 0 unspecified atom stereocenters. The van der Waals surface area contributed by atoms with Crippen LogP contribution in [0.4, 0.5) is 14.6 Å². The van der Waals surface area contributed by atoms with Gasteiger partial charge in [-0.1, -0.05) is 6.07 Å². The van der Waals surface area contributed by atoms with Crippen molar-refractivity contribution in [3.63, 3.8) is 0 Å². The molecule has 0 bridgehead atoms. The molecular weight excluding hydrogens is 394 g/mol. The smallest absolute Gasteiger partial charge is 0.352 e. The molecule has 4 rings (SSSR count). The van der Waals surface area contributed by atoms with Crippen LogP contribution in [-0.2, 0) is 13.2 Å². The number of nitrogens with zero attached hydrogens (tertiary/aromatic N) is 4. The highest BCUT2D eigenvalue weighted by Gasteiger charge is 2.19. The summed E-state index contributed by atoms with van der Waals surface area (Å²) in [6, 6.07) is 11.2. The maximum absolute atomic E-state index is 14.4. The van der Waals surface area contributed by atoms with Crippen LogP contribution in [0.1, 0.15) is 11.1 Å². The molecule has 0 fully saturated rings. The van der Waals surface area contributed by atoms with E-state index in [4.69, 9.17) is 14.7 Å². The lowest BCUT2D eigenvalue weighted by atomic mass is 10.2. The lowest BCUT2D eigenvalue weighted by Crippen LogP contribution is -2.22. The molecule has 9 heteroatoms. The molecule has 3 aromatic rings. The van der Waals surface area contributed by atoms with E-state index in [1.54, 1.807) is 22.8 Å². The monoisotopic (exact) mass is 410 g/mol. The van der Waals surface area contributed by atoms with Gasteiger partial charge in [-0.15, -0.1) is 0 Å². The zero-order chi connectivity index (χ0) is 21.3. The number of aromatic nitrogens is 2. The van der Waals surface area contributed by atoms with Crippen molar-refractivity contribution in [3.8, 4) is 23.4 Å². The first kappa shape index (κ1) is 19.4. The summed E-state index contributed by atoms with van der Waals surface area (Å²) in [7, 11) is 1.87. The van der Waals surface area contributed by atoms with Gasteiger partial charge in [-0.25, -0.2) is 13.6 Å². The van der Waals surface area contributed by atoms with E-state index in [9.17, 15) is 13.6 Å². The van der Waals surface area contributed by atoms with Crippen LogP contribution >= 0.6 is 0 Å². The second-order valence-corrected chi connectivity index (χ2v) is 6.72. The first-order chi connectivity index (χ1) is 14.4. The zero-order valence-electron chi connectivity index (χ0n) is 15.9. The van der Waals surface area contributed by atoms with Gasteiger partial charge >= 0.3 is 5.69 Å². The molecule has 7 nitrogen and oxygen atoms in total. The predicted molar refractivity (Wildman–Crippen MR) is 104 cm³/mol. The van der Waals surface area contributed by atoms with Crippen molar-refractivity contribution in [2.75, 3.05) is 18.5 Å². The molecule has 0 saturated carbocycles. The fourth-order valence-corrected chi connectivity index (χ4v) is 3.09. The number of fused-ring (bicyclic) bond motifs is 1. The van der Waals surface area contributed by atoms with E-state index in [0.717, 1.165) is 18.4 Å². The summed E-state index contributed by atoms with van der Waals surface area (Å²) in [4.78, 5) is 17.9. The largest absolute Gasteiger partial charge is 0.473 e. The van der Waals surface area contributed by atoms with Gasteiger partial charge in [-0.2, -0.15) is 10.2 Å². The van der Waals surface area contributed by atoms with E-state index in [1.165, 1.54) is 24.3 Å². The Hall–Kier alpha value is -3.93. The molecule has 152 valence electrons. The van der Waals surface area contributed by atoms with E-state index in [2.05, 4.69) is 4.98 Å². The van der Waals surface area contributed by atoms with Crippen LogP contribution in [-0.4, -0.2) is 23.1 Å². The van der Waals surface area contributed by atoms with Crippen LogP contribution in [0.25, 0.3) is 0 Å². The first-order valence-electron chi connectivity index (χ1n) is 9.06. The molecule has 1 aliphatic heterocycles. The molecule has 2 aromatic carbocycles. The second kappa shape index (κ2) is 7.83. The summed E-state index contributed by atoms with van der Waals surface area (Å²) >= 11 is 0. The minimum Gasteiger partial charge on any atom is -0.473 e. The standard InChI is InChI=1S/C21H16F2N4O3/c1-26-6-7-27-20(26)10-19(25-21(27)28)29-12-13-2-5-18(17(23)8-13)30-15-4-3-14(11-24)16(22)9-15/h2-5,8-10H,6-7,12H2,1H3. The SMILES string of the molecule is CN1CCn2c1cc(OCc1ccc(Oc3ccc(C#N)c(F)c3)c(F)c1)nc2=O. The summed E-state index contributed by atoms with van der Waals surface area (Å²) in [5.41, 5.74) is -0.0145. The summed E-state index contributed by atoms with van der Waals surface area (Å²) in [6.45, 7) is 1.30. The molecule has 1 aliphatic rings. The highest BCUT2D eigenvalue weighted by Crippen LogP contribution is 2.27. The van der Waals surface area contributed by atoms with Gasteiger partial charge in [0.25, 0.3) is 0 Å². The van der Waals surface area contributed by atoms with Crippen LogP contribution in [0.3, 0.4) is 0 Å². The van der Waals surface area contributed by atoms with Gasteiger partial charge in [0.15, 0.2) is 11.6 Å². The van der Waals surface area contributed by atoms with Crippen molar-refractivity contribution in [1.82, 2.24) is 9.55 Å². The van der Waals surface area contributed by atoms with Crippen LogP contribution in [0.5, 0.6) is 17.4 Å². The Bertz CT molecular complexity index is 1220. The molecule has 0 aliphatic carbocycles. The number of hydrogen-bond acceptors (Lipinski definition) is 6. The minimum absolute atomic E-state index is 0.00228. The lowest BCUT2D eigenvalue weighted by molar-refractivity contribution is 0.290. The number of anilines is 1. The molecule has 0 N–H and O–H groups in total. The molecule has 0 amide bonds. The number of nitriles is 1. The highest BCUT2D eigenvalue weighted by atomic mass is 19.1. The van der Waals surface area contributed by atoms with Gasteiger partial charge in [0.1, 0.15) is 30.1 Å². The first-order valence-corrected chi connectivity index (χ1v) is 9.06. The second-order valence-electron chi connectivity index (χ2n) is 6.72. The average molecular weight is 410 g/mol. The Kier molecular flexibility index (Phi) is 5.06. The summed E-state index contributed by atoms with van der Waals surface area (Å²) in [5, 5.41) is 8.75. The van der Waals surface area contributed by atoms with Gasteiger partial charge < -0.3 is 14.4 Å². The van der Waals surface area contributed by atoms with Gasteiger partial charge in [0, 0.05) is 32.3 Å². The molecule has 2 heterocycles. The topological polar surface area (TPSA) is 80.4 Å². The van der Waals surface area contributed by atoms with Crippen LogP contribution in [0.15, 0.2) is 47.3 Å².